The Labute approximate surface area is 172 Å². The van der Waals surface area contributed by atoms with Crippen LogP contribution in [-0.2, 0) is 27.2 Å². The normalized spacial score (nSPS) is 11.5. The lowest BCUT2D eigenvalue weighted by Crippen LogP contribution is -2.52. The van der Waals surface area contributed by atoms with Gasteiger partial charge < -0.3 is 5.32 Å². The minimum absolute atomic E-state index is 0.0672. The highest BCUT2D eigenvalue weighted by atomic mass is 16.2. The first-order valence-electron chi connectivity index (χ1n) is 9.88. The maximum atomic E-state index is 12.7. The fourth-order valence-electron chi connectivity index (χ4n) is 3.06. The number of hydrogen-bond donors (Lipinski definition) is 2. The van der Waals surface area contributed by atoms with E-state index < -0.39 is 11.9 Å². The third-order valence-electron chi connectivity index (χ3n) is 4.60. The summed E-state index contributed by atoms with van der Waals surface area (Å²) in [7, 11) is 0. The van der Waals surface area contributed by atoms with Crippen molar-refractivity contribution >= 4 is 17.6 Å². The molecule has 2 rings (SSSR count). The number of carbonyl (C=O) groups excluding carboxylic acids is 3. The average molecular weight is 396 g/mol. The molecule has 29 heavy (non-hydrogen) atoms. The van der Waals surface area contributed by atoms with Gasteiger partial charge in [0.1, 0.15) is 11.8 Å². The van der Waals surface area contributed by atoms with Gasteiger partial charge in [0.25, 0.3) is 5.91 Å². The highest BCUT2D eigenvalue weighted by Crippen LogP contribution is 2.06. The molecule has 6 nitrogen and oxygen atoms in total. The third-order valence-corrected chi connectivity index (χ3v) is 4.60. The number of amides is 2. The van der Waals surface area contributed by atoms with Crippen molar-refractivity contribution in [3.8, 4) is 0 Å². The molecule has 0 radical (unpaired) electrons. The maximum absolute atomic E-state index is 12.7. The van der Waals surface area contributed by atoms with Crippen molar-refractivity contribution < 1.29 is 14.4 Å². The van der Waals surface area contributed by atoms with Crippen LogP contribution in [-0.4, -0.2) is 35.2 Å². The first kappa shape index (κ1) is 22.3. The van der Waals surface area contributed by atoms with Crippen LogP contribution in [0.3, 0.4) is 0 Å². The molecule has 0 saturated heterocycles. The molecule has 0 aliphatic carbocycles. The van der Waals surface area contributed by atoms with E-state index in [1.54, 1.807) is 0 Å². The van der Waals surface area contributed by atoms with Gasteiger partial charge in [-0.05, 0) is 37.3 Å². The molecule has 0 spiro atoms. The van der Waals surface area contributed by atoms with E-state index in [4.69, 9.17) is 5.84 Å². The van der Waals surface area contributed by atoms with E-state index in [1.165, 1.54) is 6.92 Å². The van der Waals surface area contributed by atoms with Crippen molar-refractivity contribution in [3.05, 3.63) is 71.8 Å². The fraction of sp³-hybridized carbons (Fsp3) is 0.348. The summed E-state index contributed by atoms with van der Waals surface area (Å²) in [5.74, 6) is 5.03. The quantitative estimate of drug-likeness (QED) is 0.347. The minimum atomic E-state index is -0.933. The van der Waals surface area contributed by atoms with Crippen LogP contribution < -0.4 is 11.2 Å². The van der Waals surface area contributed by atoms with Crippen molar-refractivity contribution in [2.24, 2.45) is 5.84 Å². The number of aryl methyl sites for hydroxylation is 1. The smallest absolute Gasteiger partial charge is 0.259 e. The number of carbonyl (C=O) groups is 3. The molecule has 2 aromatic carbocycles. The second-order valence-electron chi connectivity index (χ2n) is 7.13. The maximum Gasteiger partial charge on any atom is 0.259 e. The van der Waals surface area contributed by atoms with Gasteiger partial charge in [0.2, 0.25) is 5.91 Å². The van der Waals surface area contributed by atoms with Crippen LogP contribution in [0.5, 0.6) is 0 Å². The second kappa shape index (κ2) is 11.8. The van der Waals surface area contributed by atoms with Crippen molar-refractivity contribution in [2.45, 2.75) is 45.1 Å². The first-order chi connectivity index (χ1) is 14.0. The molecule has 0 bridgehead atoms. The lowest BCUT2D eigenvalue weighted by Gasteiger charge is -2.23. The molecular formula is C23H29N3O3. The molecule has 2 aromatic rings. The van der Waals surface area contributed by atoms with E-state index in [1.807, 2.05) is 60.7 Å². The number of hydrogen-bond acceptors (Lipinski definition) is 4. The zero-order chi connectivity index (χ0) is 21.1. The van der Waals surface area contributed by atoms with Crippen molar-refractivity contribution in [1.29, 1.82) is 0 Å². The van der Waals surface area contributed by atoms with Gasteiger partial charge in [0.15, 0.2) is 0 Å². The molecule has 0 aliphatic rings. The molecule has 6 heteroatoms. The zero-order valence-corrected chi connectivity index (χ0v) is 16.8. The Bertz CT molecular complexity index is 794. The van der Waals surface area contributed by atoms with Crippen molar-refractivity contribution in [2.75, 3.05) is 6.54 Å². The average Bonchev–Trinajstić information content (AvgIpc) is 2.72. The molecule has 0 aliphatic heterocycles. The molecule has 2 amide bonds. The summed E-state index contributed by atoms with van der Waals surface area (Å²) >= 11 is 0. The van der Waals surface area contributed by atoms with Crippen molar-refractivity contribution in [3.63, 3.8) is 0 Å². The lowest BCUT2D eigenvalue weighted by molar-refractivity contribution is -0.138. The van der Waals surface area contributed by atoms with Gasteiger partial charge in [0.05, 0.1) is 0 Å². The summed E-state index contributed by atoms with van der Waals surface area (Å²) in [5.41, 5.74) is 2.22. The number of nitrogens with two attached hydrogens (primary N) is 1. The largest absolute Gasteiger partial charge is 0.344 e. The summed E-state index contributed by atoms with van der Waals surface area (Å²) < 4.78 is 0. The van der Waals surface area contributed by atoms with Crippen LogP contribution in [0.25, 0.3) is 0 Å². The van der Waals surface area contributed by atoms with Gasteiger partial charge in [-0.2, -0.15) is 0 Å². The summed E-state index contributed by atoms with van der Waals surface area (Å²) in [6.45, 7) is 1.70. The number of rotatable bonds is 11. The fourth-order valence-corrected chi connectivity index (χ4v) is 3.06. The minimum Gasteiger partial charge on any atom is -0.344 e. The highest BCUT2D eigenvalue weighted by molar-refractivity contribution is 5.91. The van der Waals surface area contributed by atoms with E-state index in [0.717, 1.165) is 22.6 Å². The lowest BCUT2D eigenvalue weighted by atomic mass is 10.1. The van der Waals surface area contributed by atoms with Gasteiger partial charge >= 0.3 is 0 Å². The second-order valence-corrected chi connectivity index (χ2v) is 7.13. The van der Waals surface area contributed by atoms with Gasteiger partial charge in [0, 0.05) is 19.4 Å². The summed E-state index contributed by atoms with van der Waals surface area (Å²) in [6, 6.07) is 18.6. The Balaban J connectivity index is 1.85. The Morgan fingerprint density at radius 1 is 0.931 bits per heavy atom. The standard InChI is InChI=1S/C23H29N3O3/c1-18(27)17-21(23(29)26(24)16-15-20-11-6-3-7-12-20)25-22(28)14-8-13-19-9-4-2-5-10-19/h2-7,9-12,21H,8,13-17,24H2,1H3,(H,25,28)/t21-/m1/s1. The predicted molar refractivity (Wildman–Crippen MR) is 113 cm³/mol. The van der Waals surface area contributed by atoms with Crippen LogP contribution >= 0.6 is 0 Å². The SMILES string of the molecule is CC(=O)C[C@@H](NC(=O)CCCc1ccccc1)C(=O)N(N)CCc1ccccc1. The number of nitrogens with zero attached hydrogens (tertiary/aromatic N) is 1. The summed E-state index contributed by atoms with van der Waals surface area (Å²) in [4.78, 5) is 36.5. The molecular weight excluding hydrogens is 366 g/mol. The number of ketones is 1. The first-order valence-corrected chi connectivity index (χ1v) is 9.88. The van der Waals surface area contributed by atoms with E-state index in [-0.39, 0.29) is 24.5 Å². The number of benzene rings is 2. The molecule has 0 aromatic heterocycles. The van der Waals surface area contributed by atoms with Crippen LogP contribution in [0, 0.1) is 0 Å². The Morgan fingerprint density at radius 2 is 1.48 bits per heavy atom. The van der Waals surface area contributed by atoms with Gasteiger partial charge in [-0.3, -0.25) is 19.4 Å². The third kappa shape index (κ3) is 8.27. The van der Waals surface area contributed by atoms with Gasteiger partial charge in [-0.25, -0.2) is 5.84 Å². The molecule has 1 atom stereocenters. The van der Waals surface area contributed by atoms with Crippen LogP contribution in [0.2, 0.25) is 0 Å². The summed E-state index contributed by atoms with van der Waals surface area (Å²) in [5, 5.41) is 3.77. The highest BCUT2D eigenvalue weighted by Gasteiger charge is 2.25. The molecule has 0 unspecified atom stereocenters. The monoisotopic (exact) mass is 395 g/mol. The van der Waals surface area contributed by atoms with E-state index in [9.17, 15) is 14.4 Å². The van der Waals surface area contributed by atoms with E-state index in [2.05, 4.69) is 5.32 Å². The van der Waals surface area contributed by atoms with Gasteiger partial charge in [-0.15, -0.1) is 0 Å². The molecule has 154 valence electrons. The van der Waals surface area contributed by atoms with E-state index in [0.29, 0.717) is 19.4 Å². The van der Waals surface area contributed by atoms with Crippen molar-refractivity contribution in [1.82, 2.24) is 10.3 Å². The Morgan fingerprint density at radius 3 is 2.03 bits per heavy atom. The predicted octanol–water partition coefficient (Wildman–Crippen LogP) is 2.42. The molecule has 3 N–H and O–H groups in total. The molecule has 0 fully saturated rings. The van der Waals surface area contributed by atoms with Crippen LogP contribution in [0.1, 0.15) is 37.3 Å². The summed E-state index contributed by atoms with van der Waals surface area (Å²) in [6.07, 6.45) is 2.26. The Kier molecular flexibility index (Phi) is 9.05. The van der Waals surface area contributed by atoms with Gasteiger partial charge in [-0.1, -0.05) is 60.7 Å². The number of Topliss-reactive ketones (excluding diaryl/α,β-unsaturated/α-hetero) is 1. The number of hydrazine groups is 1. The molecule has 0 heterocycles. The topological polar surface area (TPSA) is 92.5 Å². The zero-order valence-electron chi connectivity index (χ0n) is 16.8. The van der Waals surface area contributed by atoms with Crippen LogP contribution in [0.15, 0.2) is 60.7 Å². The Hall–Kier alpha value is -2.99. The molecule has 0 saturated carbocycles. The number of nitrogens with one attached hydrogen (secondary N) is 1. The van der Waals surface area contributed by atoms with Crippen LogP contribution in [0.4, 0.5) is 0 Å². The van der Waals surface area contributed by atoms with E-state index >= 15 is 0 Å².